The third-order valence-corrected chi connectivity index (χ3v) is 5.77. The molecule has 1 aromatic heterocycles. The number of aromatic nitrogens is 2. The molecule has 27 heavy (non-hydrogen) atoms. The second-order valence-electron chi connectivity index (χ2n) is 6.11. The van der Waals surface area contributed by atoms with Gasteiger partial charge < -0.3 is 10.1 Å². The van der Waals surface area contributed by atoms with Gasteiger partial charge in [-0.1, -0.05) is 6.07 Å². The number of hydrogen-bond acceptors (Lipinski definition) is 6. The molecule has 0 fully saturated rings. The van der Waals surface area contributed by atoms with E-state index in [0.29, 0.717) is 11.4 Å². The van der Waals surface area contributed by atoms with Gasteiger partial charge in [0.15, 0.2) is 6.61 Å². The number of carbonyl (C=O) groups is 2. The van der Waals surface area contributed by atoms with Crippen molar-refractivity contribution in [2.24, 2.45) is 7.05 Å². The summed E-state index contributed by atoms with van der Waals surface area (Å²) in [7, 11) is 0.873. The average Bonchev–Trinajstić information content (AvgIpc) is 2.85. The summed E-state index contributed by atoms with van der Waals surface area (Å²) in [5.74, 6) is -1.31. The first-order chi connectivity index (χ1) is 12.5. The molecule has 0 aliphatic carbocycles. The maximum atomic E-state index is 12.2. The molecule has 1 amide bonds. The van der Waals surface area contributed by atoms with Crippen molar-refractivity contribution >= 4 is 27.6 Å². The van der Waals surface area contributed by atoms with Crippen molar-refractivity contribution in [1.29, 1.82) is 0 Å². The molecule has 146 valence electrons. The van der Waals surface area contributed by atoms with Crippen molar-refractivity contribution in [1.82, 2.24) is 14.1 Å². The Hall–Kier alpha value is -2.72. The summed E-state index contributed by atoms with van der Waals surface area (Å²) in [6, 6.07) is 5.46. The third kappa shape index (κ3) is 4.52. The number of aryl methyl sites for hydroxylation is 2. The van der Waals surface area contributed by atoms with Crippen LogP contribution < -0.4 is 5.32 Å². The Morgan fingerprint density at radius 2 is 1.93 bits per heavy atom. The minimum atomic E-state index is -3.68. The molecule has 1 heterocycles. The van der Waals surface area contributed by atoms with E-state index in [0.717, 1.165) is 10.00 Å². The number of hydrogen-bond donors (Lipinski definition) is 1. The second-order valence-corrected chi connectivity index (χ2v) is 8.26. The normalized spacial score (nSPS) is 11.5. The Labute approximate surface area is 158 Å². The molecule has 0 aliphatic rings. The first-order valence-electron chi connectivity index (χ1n) is 8.03. The van der Waals surface area contributed by atoms with E-state index in [1.807, 2.05) is 0 Å². The lowest BCUT2D eigenvalue weighted by Crippen LogP contribution is -2.23. The molecule has 0 aliphatic heterocycles. The van der Waals surface area contributed by atoms with Gasteiger partial charge in [-0.25, -0.2) is 17.5 Å². The van der Waals surface area contributed by atoms with E-state index < -0.39 is 28.5 Å². The lowest BCUT2D eigenvalue weighted by Gasteiger charge is -2.12. The number of ether oxygens (including phenoxy) is 1. The highest BCUT2D eigenvalue weighted by atomic mass is 32.2. The van der Waals surface area contributed by atoms with Crippen LogP contribution in [0.15, 0.2) is 29.2 Å². The van der Waals surface area contributed by atoms with Crippen LogP contribution in [0.1, 0.15) is 21.7 Å². The molecule has 10 heteroatoms. The van der Waals surface area contributed by atoms with Gasteiger partial charge in [0.05, 0.1) is 27.5 Å². The van der Waals surface area contributed by atoms with Crippen molar-refractivity contribution in [3.63, 3.8) is 0 Å². The lowest BCUT2D eigenvalue weighted by atomic mass is 10.2. The van der Waals surface area contributed by atoms with Gasteiger partial charge in [-0.15, -0.1) is 0 Å². The van der Waals surface area contributed by atoms with E-state index in [4.69, 9.17) is 4.74 Å². The van der Waals surface area contributed by atoms with Crippen LogP contribution in [0.25, 0.3) is 0 Å². The van der Waals surface area contributed by atoms with E-state index >= 15 is 0 Å². The maximum Gasteiger partial charge on any atom is 0.338 e. The standard InChI is InChI=1S/C17H22N4O5S/c1-11-16(12(2)21(5)19-11)18-15(22)10-26-17(23)13-7-6-8-14(9-13)27(24,25)20(3)4/h6-9H,10H2,1-5H3,(H,18,22). The van der Waals surface area contributed by atoms with Gasteiger partial charge in [-0.05, 0) is 32.0 Å². The Bertz CT molecular complexity index is 979. The fraction of sp³-hybridized carbons (Fsp3) is 0.353. The quantitative estimate of drug-likeness (QED) is 0.734. The van der Waals surface area contributed by atoms with Gasteiger partial charge in [0.2, 0.25) is 10.0 Å². The molecule has 0 spiro atoms. The van der Waals surface area contributed by atoms with Crippen LogP contribution in [0, 0.1) is 13.8 Å². The number of benzene rings is 1. The largest absolute Gasteiger partial charge is 0.452 e. The summed E-state index contributed by atoms with van der Waals surface area (Å²) in [5.41, 5.74) is 2.03. The second kappa shape index (κ2) is 7.89. The molecule has 0 atom stereocenters. The zero-order valence-corrected chi connectivity index (χ0v) is 16.6. The summed E-state index contributed by atoms with van der Waals surface area (Å²) in [4.78, 5) is 24.2. The number of rotatable bonds is 6. The molecular formula is C17H22N4O5S. The van der Waals surface area contributed by atoms with E-state index in [9.17, 15) is 18.0 Å². The van der Waals surface area contributed by atoms with Gasteiger partial charge in [0.1, 0.15) is 0 Å². The van der Waals surface area contributed by atoms with Gasteiger partial charge >= 0.3 is 5.97 Å². The van der Waals surface area contributed by atoms with Crippen molar-refractivity contribution in [3.8, 4) is 0 Å². The monoisotopic (exact) mass is 394 g/mol. The lowest BCUT2D eigenvalue weighted by molar-refractivity contribution is -0.119. The Morgan fingerprint density at radius 3 is 2.48 bits per heavy atom. The van der Waals surface area contributed by atoms with Crippen LogP contribution in [-0.2, 0) is 26.6 Å². The minimum Gasteiger partial charge on any atom is -0.452 e. The molecule has 0 saturated heterocycles. The fourth-order valence-electron chi connectivity index (χ4n) is 2.34. The van der Waals surface area contributed by atoms with E-state index in [1.54, 1.807) is 25.6 Å². The fourth-order valence-corrected chi connectivity index (χ4v) is 3.29. The van der Waals surface area contributed by atoms with Crippen molar-refractivity contribution in [2.75, 3.05) is 26.0 Å². The predicted molar refractivity (Wildman–Crippen MR) is 98.9 cm³/mol. The summed E-state index contributed by atoms with van der Waals surface area (Å²) in [5, 5.41) is 6.84. The van der Waals surface area contributed by atoms with Crippen LogP contribution in [0.4, 0.5) is 5.69 Å². The number of carbonyl (C=O) groups excluding carboxylic acids is 2. The van der Waals surface area contributed by atoms with Crippen molar-refractivity contribution in [2.45, 2.75) is 18.7 Å². The molecule has 2 aromatic rings. The highest BCUT2D eigenvalue weighted by Crippen LogP contribution is 2.18. The zero-order valence-electron chi connectivity index (χ0n) is 15.8. The molecule has 2 rings (SSSR count). The highest BCUT2D eigenvalue weighted by Gasteiger charge is 2.20. The van der Waals surface area contributed by atoms with E-state index in [2.05, 4.69) is 10.4 Å². The van der Waals surface area contributed by atoms with Gasteiger partial charge in [0.25, 0.3) is 5.91 Å². The number of anilines is 1. The molecule has 9 nitrogen and oxygen atoms in total. The average molecular weight is 394 g/mol. The number of esters is 1. The molecule has 0 saturated carbocycles. The maximum absolute atomic E-state index is 12.2. The zero-order chi connectivity index (χ0) is 20.4. The van der Waals surface area contributed by atoms with Crippen LogP contribution in [-0.4, -0.2) is 55.1 Å². The number of nitrogens with one attached hydrogen (secondary N) is 1. The van der Waals surface area contributed by atoms with Gasteiger partial charge in [0, 0.05) is 21.1 Å². The first kappa shape index (κ1) is 20.6. The van der Waals surface area contributed by atoms with Crippen molar-refractivity contribution < 1.29 is 22.7 Å². The Balaban J connectivity index is 2.05. The molecular weight excluding hydrogens is 372 g/mol. The predicted octanol–water partition coefficient (Wildman–Crippen LogP) is 1.08. The summed E-state index contributed by atoms with van der Waals surface area (Å²) in [6.07, 6.45) is 0. The first-order valence-corrected chi connectivity index (χ1v) is 9.47. The van der Waals surface area contributed by atoms with Crippen LogP contribution in [0.5, 0.6) is 0 Å². The number of nitrogens with zero attached hydrogens (tertiary/aromatic N) is 3. The topological polar surface area (TPSA) is 111 Å². The van der Waals surface area contributed by atoms with Gasteiger partial charge in [-0.2, -0.15) is 5.10 Å². The SMILES string of the molecule is Cc1nn(C)c(C)c1NC(=O)COC(=O)c1cccc(S(=O)(=O)N(C)C)c1. The van der Waals surface area contributed by atoms with Crippen LogP contribution >= 0.6 is 0 Å². The number of sulfonamides is 1. The molecule has 1 aromatic carbocycles. The highest BCUT2D eigenvalue weighted by molar-refractivity contribution is 7.89. The summed E-state index contributed by atoms with van der Waals surface area (Å²) in [6.45, 7) is 3.06. The van der Waals surface area contributed by atoms with Crippen LogP contribution in [0.2, 0.25) is 0 Å². The summed E-state index contributed by atoms with van der Waals surface area (Å²) >= 11 is 0. The van der Waals surface area contributed by atoms with Crippen molar-refractivity contribution in [3.05, 3.63) is 41.2 Å². The molecule has 1 N–H and O–H groups in total. The van der Waals surface area contributed by atoms with Gasteiger partial charge in [-0.3, -0.25) is 9.48 Å². The van der Waals surface area contributed by atoms with E-state index in [1.165, 1.54) is 38.4 Å². The smallest absolute Gasteiger partial charge is 0.338 e. The Kier molecular flexibility index (Phi) is 6.01. The Morgan fingerprint density at radius 1 is 1.26 bits per heavy atom. The molecule has 0 bridgehead atoms. The van der Waals surface area contributed by atoms with Crippen LogP contribution in [0.3, 0.4) is 0 Å². The number of amides is 1. The molecule has 0 unspecified atom stereocenters. The molecule has 0 radical (unpaired) electrons. The third-order valence-electron chi connectivity index (χ3n) is 3.96. The summed E-state index contributed by atoms with van der Waals surface area (Å²) < 4.78 is 32.0. The van der Waals surface area contributed by atoms with E-state index in [-0.39, 0.29) is 10.5 Å². The minimum absolute atomic E-state index is 0.0342.